The van der Waals surface area contributed by atoms with E-state index in [1.807, 2.05) is 0 Å². The fraction of sp³-hybridized carbons (Fsp3) is 0.467. The van der Waals surface area contributed by atoms with Crippen LogP contribution >= 0.6 is 0 Å². The van der Waals surface area contributed by atoms with Crippen LogP contribution in [0.25, 0.3) is 0 Å². The summed E-state index contributed by atoms with van der Waals surface area (Å²) in [6.07, 6.45) is 2.46. The lowest BCUT2D eigenvalue weighted by molar-refractivity contribution is -0.0727. The lowest BCUT2D eigenvalue weighted by Gasteiger charge is -2.37. The summed E-state index contributed by atoms with van der Waals surface area (Å²) in [6, 6.07) is 2.78. The minimum Gasteiger partial charge on any atom is -0.383 e. The Balaban J connectivity index is 2.47. The molecule has 0 aliphatic heterocycles. The number of aromatic nitrogens is 3. The van der Waals surface area contributed by atoms with E-state index in [4.69, 9.17) is 4.18 Å². The monoisotopic (exact) mass is 375 g/mol. The lowest BCUT2D eigenvalue weighted by Crippen LogP contribution is -2.45. The van der Waals surface area contributed by atoms with Crippen LogP contribution in [0.3, 0.4) is 0 Å². The smallest absolute Gasteiger partial charge is 0.264 e. The van der Waals surface area contributed by atoms with Gasteiger partial charge in [0.2, 0.25) is 0 Å². The summed E-state index contributed by atoms with van der Waals surface area (Å²) in [5, 5.41) is 15.1. The Kier molecular flexibility index (Phi) is 5.55. The number of aliphatic hydroxyl groups is 1. The van der Waals surface area contributed by atoms with Gasteiger partial charge < -0.3 is 5.11 Å². The van der Waals surface area contributed by atoms with Gasteiger partial charge in [-0.3, -0.25) is 4.18 Å². The van der Waals surface area contributed by atoms with E-state index in [2.05, 4.69) is 10.1 Å². The van der Waals surface area contributed by atoms with Crippen molar-refractivity contribution in [1.29, 1.82) is 0 Å². The molecule has 0 unspecified atom stereocenters. The molecule has 10 heteroatoms. The third-order valence-corrected chi connectivity index (χ3v) is 4.70. The van der Waals surface area contributed by atoms with Crippen molar-refractivity contribution in [2.24, 2.45) is 5.92 Å². The highest BCUT2D eigenvalue weighted by molar-refractivity contribution is 7.86. The first kappa shape index (κ1) is 19.4. The molecule has 138 valence electrons. The predicted octanol–water partition coefficient (Wildman–Crippen LogP) is 1.44. The van der Waals surface area contributed by atoms with E-state index in [0.717, 1.165) is 18.4 Å². The second-order valence-electron chi connectivity index (χ2n) is 5.94. The molecule has 1 heterocycles. The fourth-order valence-electron chi connectivity index (χ4n) is 2.62. The molecular formula is C15H19F2N3O4S. The molecule has 2 rings (SSSR count). The second-order valence-corrected chi connectivity index (χ2v) is 7.54. The Morgan fingerprint density at radius 1 is 1.36 bits per heavy atom. The van der Waals surface area contributed by atoms with Gasteiger partial charge in [-0.05, 0) is 13.0 Å². The molecule has 1 aromatic heterocycles. The summed E-state index contributed by atoms with van der Waals surface area (Å²) >= 11 is 0. The number of hydrogen-bond donors (Lipinski definition) is 1. The number of nitrogens with zero attached hydrogens (tertiary/aromatic N) is 3. The Bertz CT molecular complexity index is 829. The van der Waals surface area contributed by atoms with Gasteiger partial charge in [-0.1, -0.05) is 13.0 Å². The van der Waals surface area contributed by atoms with Crippen LogP contribution in [0.15, 0.2) is 30.9 Å². The molecule has 0 fully saturated rings. The van der Waals surface area contributed by atoms with Crippen LogP contribution in [0.4, 0.5) is 8.78 Å². The van der Waals surface area contributed by atoms with Gasteiger partial charge >= 0.3 is 0 Å². The highest BCUT2D eigenvalue weighted by Crippen LogP contribution is 2.36. The van der Waals surface area contributed by atoms with Crippen LogP contribution in [0.1, 0.15) is 19.4 Å². The molecule has 1 aromatic carbocycles. The van der Waals surface area contributed by atoms with Crippen LogP contribution in [-0.4, -0.2) is 40.6 Å². The number of halogens is 2. The third-order valence-electron chi connectivity index (χ3n) is 4.05. The molecular weight excluding hydrogens is 356 g/mol. The molecule has 0 saturated carbocycles. The van der Waals surface area contributed by atoms with E-state index in [1.165, 1.54) is 31.2 Å². The molecule has 0 spiro atoms. The maximum absolute atomic E-state index is 14.3. The summed E-state index contributed by atoms with van der Waals surface area (Å²) in [5.41, 5.74) is -2.11. The SMILES string of the molecule is C[C@H](OS(C)(=O)=O)[C@@H](C)[C@](O)(Cn1cncn1)c1ccc(F)cc1F. The van der Waals surface area contributed by atoms with Gasteiger partial charge in [0, 0.05) is 17.5 Å². The Morgan fingerprint density at radius 2 is 2.04 bits per heavy atom. The van der Waals surface area contributed by atoms with Gasteiger partial charge in [0.1, 0.15) is 29.9 Å². The molecule has 7 nitrogen and oxygen atoms in total. The second kappa shape index (κ2) is 7.14. The van der Waals surface area contributed by atoms with Crippen molar-refractivity contribution in [3.05, 3.63) is 48.1 Å². The van der Waals surface area contributed by atoms with Crippen molar-refractivity contribution >= 4 is 10.1 Å². The standard InChI is InChI=1S/C15H19F2N3O4S/c1-10(11(2)24-25(3,22)23)15(21,7-20-9-18-8-19-20)13-5-4-12(16)6-14(13)17/h4-6,8-11,21H,7H2,1-3H3/t10-,11+,15-/m1/s1. The topological polar surface area (TPSA) is 94.3 Å². The first-order chi connectivity index (χ1) is 11.5. The summed E-state index contributed by atoms with van der Waals surface area (Å²) in [5.74, 6) is -2.63. The lowest BCUT2D eigenvalue weighted by atomic mass is 9.79. The molecule has 0 bridgehead atoms. The van der Waals surface area contributed by atoms with Crippen molar-refractivity contribution in [3.63, 3.8) is 0 Å². The minimum atomic E-state index is -3.79. The summed E-state index contributed by atoms with van der Waals surface area (Å²) in [7, 11) is -3.79. The number of rotatable bonds is 7. The van der Waals surface area contributed by atoms with Gasteiger partial charge in [-0.25, -0.2) is 18.4 Å². The number of hydrogen-bond acceptors (Lipinski definition) is 6. The van der Waals surface area contributed by atoms with E-state index >= 15 is 0 Å². The van der Waals surface area contributed by atoms with E-state index in [-0.39, 0.29) is 12.1 Å². The Morgan fingerprint density at radius 3 is 2.56 bits per heavy atom. The van der Waals surface area contributed by atoms with Crippen molar-refractivity contribution in [2.75, 3.05) is 6.26 Å². The van der Waals surface area contributed by atoms with Gasteiger partial charge in [-0.15, -0.1) is 0 Å². The van der Waals surface area contributed by atoms with E-state index in [9.17, 15) is 22.3 Å². The van der Waals surface area contributed by atoms with Crippen LogP contribution in [0.5, 0.6) is 0 Å². The zero-order valence-corrected chi connectivity index (χ0v) is 14.7. The van der Waals surface area contributed by atoms with Crippen molar-refractivity contribution in [1.82, 2.24) is 14.8 Å². The summed E-state index contributed by atoms with van der Waals surface area (Å²) in [6.45, 7) is 2.73. The highest BCUT2D eigenvalue weighted by Gasteiger charge is 2.42. The average Bonchev–Trinajstić information content (AvgIpc) is 2.97. The summed E-state index contributed by atoms with van der Waals surface area (Å²) < 4.78 is 56.5. The molecule has 25 heavy (non-hydrogen) atoms. The molecule has 0 aliphatic carbocycles. The third kappa shape index (κ3) is 4.59. The van der Waals surface area contributed by atoms with Crippen LogP contribution in [-0.2, 0) is 26.4 Å². The molecule has 2 aromatic rings. The van der Waals surface area contributed by atoms with Gasteiger partial charge in [-0.2, -0.15) is 13.5 Å². The predicted molar refractivity (Wildman–Crippen MR) is 84.8 cm³/mol. The average molecular weight is 375 g/mol. The zero-order chi connectivity index (χ0) is 18.8. The van der Waals surface area contributed by atoms with E-state index in [1.54, 1.807) is 0 Å². The Labute approximate surface area is 144 Å². The molecule has 0 amide bonds. The summed E-state index contributed by atoms with van der Waals surface area (Å²) in [4.78, 5) is 3.76. The molecule has 1 N–H and O–H groups in total. The largest absolute Gasteiger partial charge is 0.383 e. The Hall–Kier alpha value is -1.91. The molecule has 0 aliphatic rings. The maximum Gasteiger partial charge on any atom is 0.264 e. The molecule has 3 atom stereocenters. The van der Waals surface area contributed by atoms with Gasteiger partial charge in [0.05, 0.1) is 18.9 Å². The fourth-order valence-corrected chi connectivity index (χ4v) is 3.34. The normalized spacial score (nSPS) is 17.0. The van der Waals surface area contributed by atoms with Crippen LogP contribution in [0, 0.1) is 17.6 Å². The zero-order valence-electron chi connectivity index (χ0n) is 13.9. The quantitative estimate of drug-likeness (QED) is 0.736. The minimum absolute atomic E-state index is 0.194. The van der Waals surface area contributed by atoms with Crippen LogP contribution in [0.2, 0.25) is 0 Å². The van der Waals surface area contributed by atoms with E-state index in [0.29, 0.717) is 6.07 Å². The maximum atomic E-state index is 14.3. The van der Waals surface area contributed by atoms with Gasteiger partial charge in [0.15, 0.2) is 0 Å². The van der Waals surface area contributed by atoms with Crippen molar-refractivity contribution < 1.29 is 26.5 Å². The van der Waals surface area contributed by atoms with Crippen molar-refractivity contribution in [3.8, 4) is 0 Å². The molecule has 0 radical (unpaired) electrons. The van der Waals surface area contributed by atoms with E-state index < -0.39 is 39.4 Å². The van der Waals surface area contributed by atoms with Crippen LogP contribution < -0.4 is 0 Å². The number of benzene rings is 1. The first-order valence-corrected chi connectivity index (χ1v) is 9.23. The van der Waals surface area contributed by atoms with Gasteiger partial charge in [0.25, 0.3) is 10.1 Å². The van der Waals surface area contributed by atoms with Crippen molar-refractivity contribution in [2.45, 2.75) is 32.1 Å². The molecule has 0 saturated heterocycles. The highest BCUT2D eigenvalue weighted by atomic mass is 32.2. The first-order valence-electron chi connectivity index (χ1n) is 7.41.